The first-order valence-electron chi connectivity index (χ1n) is 9.93. The summed E-state index contributed by atoms with van der Waals surface area (Å²) in [5, 5.41) is 5.39. The molecule has 0 bridgehead atoms. The van der Waals surface area contributed by atoms with Gasteiger partial charge in [-0.3, -0.25) is 9.78 Å². The number of aromatic nitrogens is 5. The van der Waals surface area contributed by atoms with E-state index in [-0.39, 0.29) is 24.2 Å². The number of carbonyl (C=O) groups excluding carboxylic acids is 1. The molecule has 2 atom stereocenters. The second-order valence-corrected chi connectivity index (χ2v) is 8.20. The van der Waals surface area contributed by atoms with Crippen LogP contribution in [0.15, 0.2) is 18.3 Å². The summed E-state index contributed by atoms with van der Waals surface area (Å²) in [6, 6.07) is 3.25. The van der Waals surface area contributed by atoms with Crippen molar-refractivity contribution >= 4 is 22.6 Å². The van der Waals surface area contributed by atoms with Crippen molar-refractivity contribution in [2.24, 2.45) is 17.4 Å². The van der Waals surface area contributed by atoms with Crippen molar-refractivity contribution in [2.75, 3.05) is 18.0 Å². The number of alkyl halides is 2. The summed E-state index contributed by atoms with van der Waals surface area (Å²) >= 11 is 0. The molecule has 3 aromatic rings. The zero-order valence-electron chi connectivity index (χ0n) is 17.5. The van der Waals surface area contributed by atoms with E-state index in [9.17, 15) is 13.6 Å². The van der Waals surface area contributed by atoms with Crippen molar-refractivity contribution in [1.82, 2.24) is 24.7 Å². The van der Waals surface area contributed by atoms with Gasteiger partial charge in [0.25, 0.3) is 0 Å². The third-order valence-electron chi connectivity index (χ3n) is 5.38. The molecule has 1 amide bonds. The van der Waals surface area contributed by atoms with Crippen molar-refractivity contribution in [3.8, 4) is 5.82 Å². The number of carbonyl (C=O) groups is 1. The van der Waals surface area contributed by atoms with Gasteiger partial charge in [0.15, 0.2) is 11.6 Å². The maximum absolute atomic E-state index is 14.0. The van der Waals surface area contributed by atoms with E-state index in [4.69, 9.17) is 16.6 Å². The van der Waals surface area contributed by atoms with Crippen LogP contribution >= 0.6 is 0 Å². The van der Waals surface area contributed by atoms with Crippen LogP contribution < -0.4 is 16.4 Å². The summed E-state index contributed by atoms with van der Waals surface area (Å²) in [7, 11) is 0. The van der Waals surface area contributed by atoms with Crippen molar-refractivity contribution in [1.29, 1.82) is 0 Å². The van der Waals surface area contributed by atoms with Gasteiger partial charge in [0, 0.05) is 44.0 Å². The molecule has 1 saturated heterocycles. The predicted octanol–water partition coefficient (Wildman–Crippen LogP) is 1.44. The van der Waals surface area contributed by atoms with Gasteiger partial charge in [-0.25, -0.2) is 14.6 Å². The lowest BCUT2D eigenvalue weighted by Gasteiger charge is -2.15. The molecule has 4 N–H and O–H groups in total. The summed E-state index contributed by atoms with van der Waals surface area (Å²) in [6.07, 6.45) is 1.56. The normalized spacial score (nSPS) is 19.4. The lowest BCUT2D eigenvalue weighted by molar-refractivity contribution is -0.117. The van der Waals surface area contributed by atoms with Crippen LogP contribution in [0.25, 0.3) is 16.7 Å². The van der Waals surface area contributed by atoms with Crippen LogP contribution in [-0.4, -0.2) is 49.8 Å². The summed E-state index contributed by atoms with van der Waals surface area (Å²) in [5.74, 6) is -3.21. The van der Waals surface area contributed by atoms with E-state index >= 15 is 0 Å². The molecule has 0 aliphatic carbocycles. The number of rotatable bonds is 5. The van der Waals surface area contributed by atoms with Gasteiger partial charge >= 0.3 is 5.92 Å². The highest BCUT2D eigenvalue weighted by atomic mass is 19.3. The number of primary amides is 1. The van der Waals surface area contributed by atoms with Crippen LogP contribution in [0.5, 0.6) is 0 Å². The van der Waals surface area contributed by atoms with Gasteiger partial charge in [-0.15, -0.1) is 5.10 Å². The third kappa shape index (κ3) is 4.05. The van der Waals surface area contributed by atoms with Gasteiger partial charge in [-0.1, -0.05) is 6.92 Å². The van der Waals surface area contributed by atoms with Crippen molar-refractivity contribution in [3.05, 3.63) is 35.5 Å². The molecule has 1 fully saturated rings. The zero-order chi connectivity index (χ0) is 22.5. The zero-order valence-corrected chi connectivity index (χ0v) is 17.5. The molecule has 0 spiro atoms. The number of anilines is 1. The summed E-state index contributed by atoms with van der Waals surface area (Å²) in [4.78, 5) is 25.7. The Kier molecular flexibility index (Phi) is 5.08. The van der Waals surface area contributed by atoms with Gasteiger partial charge in [0.05, 0.1) is 23.0 Å². The molecule has 4 rings (SSSR count). The Morgan fingerprint density at radius 1 is 1.29 bits per heavy atom. The van der Waals surface area contributed by atoms with E-state index < -0.39 is 17.7 Å². The van der Waals surface area contributed by atoms with Crippen molar-refractivity contribution in [2.45, 2.75) is 39.2 Å². The summed E-state index contributed by atoms with van der Waals surface area (Å²) < 4.78 is 29.4. The molecule has 0 radical (unpaired) electrons. The highest BCUT2D eigenvalue weighted by Gasteiger charge is 2.32. The molecular weight excluding hydrogens is 406 g/mol. The van der Waals surface area contributed by atoms with Crippen LogP contribution in [0.2, 0.25) is 0 Å². The number of halogens is 2. The number of nitrogens with zero attached hydrogens (tertiary/aromatic N) is 6. The highest BCUT2D eigenvalue weighted by Crippen LogP contribution is 2.32. The molecule has 3 aromatic heterocycles. The smallest absolute Gasteiger partial charge is 0.303 e. The Labute approximate surface area is 177 Å². The lowest BCUT2D eigenvalue weighted by Crippen LogP contribution is -2.28. The van der Waals surface area contributed by atoms with E-state index in [1.165, 1.54) is 4.68 Å². The quantitative estimate of drug-likeness (QED) is 0.627. The Hall–Kier alpha value is -3.21. The molecule has 9 nitrogen and oxygen atoms in total. The average Bonchev–Trinajstić information content (AvgIpc) is 3.20. The molecule has 4 heterocycles. The van der Waals surface area contributed by atoms with Crippen LogP contribution in [0.3, 0.4) is 0 Å². The van der Waals surface area contributed by atoms with Crippen molar-refractivity contribution in [3.63, 3.8) is 0 Å². The van der Waals surface area contributed by atoms with Gasteiger partial charge in [-0.05, 0) is 18.9 Å². The highest BCUT2D eigenvalue weighted by molar-refractivity contribution is 5.92. The molecule has 1 aliphatic rings. The number of nitrogens with two attached hydrogens (primary N) is 2. The second-order valence-electron chi connectivity index (χ2n) is 8.20. The van der Waals surface area contributed by atoms with Crippen molar-refractivity contribution < 1.29 is 13.6 Å². The van der Waals surface area contributed by atoms with Crippen LogP contribution in [0.1, 0.15) is 31.1 Å². The van der Waals surface area contributed by atoms with Gasteiger partial charge < -0.3 is 16.4 Å². The Balaban J connectivity index is 1.92. The Morgan fingerprint density at radius 2 is 2.03 bits per heavy atom. The van der Waals surface area contributed by atoms with Crippen LogP contribution in [0, 0.1) is 12.8 Å². The number of aryl methyl sites for hydroxylation is 1. The van der Waals surface area contributed by atoms with E-state index in [0.717, 1.165) is 6.92 Å². The minimum Gasteiger partial charge on any atom is -0.369 e. The van der Waals surface area contributed by atoms with E-state index in [1.54, 1.807) is 25.3 Å². The fourth-order valence-electron chi connectivity index (χ4n) is 3.74. The fraction of sp³-hybridized carbons (Fsp3) is 0.450. The Morgan fingerprint density at radius 3 is 2.65 bits per heavy atom. The van der Waals surface area contributed by atoms with E-state index in [2.05, 4.69) is 21.9 Å². The first-order valence-corrected chi connectivity index (χ1v) is 9.93. The molecule has 0 saturated carbocycles. The fourth-order valence-corrected chi connectivity index (χ4v) is 3.74. The topological polar surface area (TPSA) is 129 Å². The van der Waals surface area contributed by atoms with E-state index in [0.29, 0.717) is 41.2 Å². The number of hydrogen-bond acceptors (Lipinski definition) is 7. The molecular formula is C20H24F2N8O. The maximum Gasteiger partial charge on any atom is 0.303 e. The molecule has 164 valence electrons. The number of hydrogen-bond donors (Lipinski definition) is 2. The average molecular weight is 430 g/mol. The summed E-state index contributed by atoms with van der Waals surface area (Å²) in [6.45, 7) is 5.75. The van der Waals surface area contributed by atoms with Crippen LogP contribution in [-0.2, 0) is 17.1 Å². The molecule has 11 heteroatoms. The Bertz CT molecular complexity index is 1150. The van der Waals surface area contributed by atoms with Gasteiger partial charge in [0.1, 0.15) is 0 Å². The number of fused-ring (bicyclic) bond motifs is 1. The van der Waals surface area contributed by atoms with Gasteiger partial charge in [0.2, 0.25) is 11.7 Å². The first kappa shape index (κ1) is 21.0. The van der Waals surface area contributed by atoms with Gasteiger partial charge in [-0.2, -0.15) is 8.78 Å². The SMILES string of the molecule is Cc1cc(-n2nc(N3C[C@H](C)[C@@H](N)C3)c3cnc(CC(N)=O)cc32)nc(C(C)(F)F)n1. The lowest BCUT2D eigenvalue weighted by atomic mass is 10.1. The molecule has 0 unspecified atom stereocenters. The minimum absolute atomic E-state index is 0.00558. The first-order chi connectivity index (χ1) is 14.5. The molecule has 1 aliphatic heterocycles. The molecule has 31 heavy (non-hydrogen) atoms. The summed E-state index contributed by atoms with van der Waals surface area (Å²) in [5.41, 5.74) is 12.9. The third-order valence-corrected chi connectivity index (χ3v) is 5.38. The molecule has 0 aromatic carbocycles. The monoisotopic (exact) mass is 430 g/mol. The number of pyridine rings is 1. The van der Waals surface area contributed by atoms with Crippen LogP contribution in [0.4, 0.5) is 14.6 Å². The largest absolute Gasteiger partial charge is 0.369 e. The standard InChI is InChI=1S/C20H24F2N8O/c1-10-8-29(9-14(10)23)18-13-7-25-12(6-16(24)31)5-15(13)30(28-18)17-4-11(2)26-19(27-17)20(3,21)22/h4-5,7,10,14H,6,8-9,23H2,1-3H3,(H2,24,31)/t10-,14-/m0/s1. The predicted molar refractivity (Wildman–Crippen MR) is 111 cm³/mol. The maximum atomic E-state index is 14.0. The minimum atomic E-state index is -3.21. The number of amides is 1. The second kappa shape index (κ2) is 7.49. The van der Waals surface area contributed by atoms with E-state index in [1.807, 2.05) is 4.90 Å².